The van der Waals surface area contributed by atoms with Crippen molar-refractivity contribution in [1.29, 1.82) is 0 Å². The van der Waals surface area contributed by atoms with Gasteiger partial charge in [0.05, 0.1) is 13.2 Å². The van der Waals surface area contributed by atoms with Crippen molar-refractivity contribution in [3.8, 4) is 0 Å². The Hall–Kier alpha value is -0.120. The predicted molar refractivity (Wildman–Crippen MR) is 55.3 cm³/mol. The van der Waals surface area contributed by atoms with Crippen molar-refractivity contribution < 1.29 is 9.47 Å². The van der Waals surface area contributed by atoms with E-state index in [2.05, 4.69) is 5.32 Å². The van der Waals surface area contributed by atoms with Gasteiger partial charge in [-0.2, -0.15) is 0 Å². The number of hydrogen-bond donors (Lipinski definition) is 1. The molecule has 2 aliphatic heterocycles. The van der Waals surface area contributed by atoms with Crippen LogP contribution in [-0.2, 0) is 9.47 Å². The maximum Gasteiger partial charge on any atom is 0.0517 e. The van der Waals surface area contributed by atoms with Gasteiger partial charge in [-0.05, 0) is 38.3 Å². The second kappa shape index (κ2) is 5.69. The molecular weight excluding hydrogens is 178 g/mol. The van der Waals surface area contributed by atoms with E-state index >= 15 is 0 Å². The molecule has 0 aromatic heterocycles. The van der Waals surface area contributed by atoms with Gasteiger partial charge in [-0.15, -0.1) is 0 Å². The molecule has 2 heterocycles. The number of ether oxygens (including phenoxy) is 2. The smallest absolute Gasteiger partial charge is 0.0517 e. The van der Waals surface area contributed by atoms with Gasteiger partial charge in [-0.3, -0.25) is 0 Å². The standard InChI is InChI=1S/C11H21NO2/c1-4-12-7-10(1)2-5-13-8-11-3-6-14-9-11/h10-12H,1-9H2. The van der Waals surface area contributed by atoms with E-state index in [1.165, 1.54) is 32.4 Å². The molecule has 82 valence electrons. The van der Waals surface area contributed by atoms with E-state index < -0.39 is 0 Å². The molecule has 0 saturated carbocycles. The van der Waals surface area contributed by atoms with Crippen LogP contribution in [0.2, 0.25) is 0 Å². The highest BCUT2D eigenvalue weighted by Crippen LogP contribution is 2.14. The summed E-state index contributed by atoms with van der Waals surface area (Å²) in [7, 11) is 0. The van der Waals surface area contributed by atoms with E-state index in [4.69, 9.17) is 9.47 Å². The Morgan fingerprint density at radius 1 is 1.29 bits per heavy atom. The molecule has 2 saturated heterocycles. The van der Waals surface area contributed by atoms with Crippen molar-refractivity contribution in [3.63, 3.8) is 0 Å². The molecule has 1 N–H and O–H groups in total. The van der Waals surface area contributed by atoms with Crippen molar-refractivity contribution in [1.82, 2.24) is 5.32 Å². The van der Waals surface area contributed by atoms with E-state index in [0.29, 0.717) is 5.92 Å². The molecule has 0 amide bonds. The molecule has 3 heteroatoms. The number of rotatable bonds is 5. The van der Waals surface area contributed by atoms with Crippen molar-refractivity contribution in [3.05, 3.63) is 0 Å². The van der Waals surface area contributed by atoms with Crippen molar-refractivity contribution in [2.24, 2.45) is 11.8 Å². The Bertz CT molecular complexity index is 133. The molecule has 0 spiro atoms. The Balaban J connectivity index is 1.46. The first-order valence-corrected chi connectivity index (χ1v) is 5.81. The van der Waals surface area contributed by atoms with Crippen LogP contribution in [0.4, 0.5) is 0 Å². The predicted octanol–water partition coefficient (Wildman–Crippen LogP) is 1.04. The van der Waals surface area contributed by atoms with Gasteiger partial charge in [0.25, 0.3) is 0 Å². The maximum absolute atomic E-state index is 5.67. The molecule has 0 bridgehead atoms. The summed E-state index contributed by atoms with van der Waals surface area (Å²) in [6.07, 6.45) is 3.74. The molecule has 2 atom stereocenters. The van der Waals surface area contributed by atoms with E-state index in [1.54, 1.807) is 0 Å². The second-order valence-electron chi connectivity index (χ2n) is 4.45. The minimum Gasteiger partial charge on any atom is -0.381 e. The third-order valence-electron chi connectivity index (χ3n) is 3.21. The summed E-state index contributed by atoms with van der Waals surface area (Å²) < 4.78 is 11.0. The second-order valence-corrected chi connectivity index (χ2v) is 4.45. The fourth-order valence-corrected chi connectivity index (χ4v) is 2.18. The molecule has 0 aromatic rings. The lowest BCUT2D eigenvalue weighted by Crippen LogP contribution is -2.13. The number of nitrogens with one attached hydrogen (secondary N) is 1. The summed E-state index contributed by atoms with van der Waals surface area (Å²) in [6.45, 7) is 6.06. The zero-order valence-electron chi connectivity index (χ0n) is 8.84. The molecule has 14 heavy (non-hydrogen) atoms. The van der Waals surface area contributed by atoms with E-state index in [1.807, 2.05) is 0 Å². The monoisotopic (exact) mass is 199 g/mol. The van der Waals surface area contributed by atoms with Gasteiger partial charge in [-0.25, -0.2) is 0 Å². The topological polar surface area (TPSA) is 30.5 Å². The molecular formula is C11H21NO2. The van der Waals surface area contributed by atoms with E-state index in [0.717, 1.165) is 32.3 Å². The van der Waals surface area contributed by atoms with Crippen LogP contribution in [0.1, 0.15) is 19.3 Å². The first-order valence-electron chi connectivity index (χ1n) is 5.81. The fourth-order valence-electron chi connectivity index (χ4n) is 2.18. The summed E-state index contributed by atoms with van der Waals surface area (Å²) in [6, 6.07) is 0. The van der Waals surface area contributed by atoms with Gasteiger partial charge >= 0.3 is 0 Å². The maximum atomic E-state index is 5.67. The summed E-state index contributed by atoms with van der Waals surface area (Å²) >= 11 is 0. The quantitative estimate of drug-likeness (QED) is 0.671. The largest absolute Gasteiger partial charge is 0.381 e. The van der Waals surface area contributed by atoms with Crippen LogP contribution in [0, 0.1) is 11.8 Å². The highest BCUT2D eigenvalue weighted by Gasteiger charge is 2.17. The van der Waals surface area contributed by atoms with E-state index in [9.17, 15) is 0 Å². The third-order valence-corrected chi connectivity index (χ3v) is 3.21. The highest BCUT2D eigenvalue weighted by atomic mass is 16.5. The van der Waals surface area contributed by atoms with Crippen LogP contribution in [0.5, 0.6) is 0 Å². The molecule has 2 rings (SSSR count). The average molecular weight is 199 g/mol. The Morgan fingerprint density at radius 3 is 3.00 bits per heavy atom. The first-order chi connectivity index (χ1) is 6.95. The van der Waals surface area contributed by atoms with Crippen molar-refractivity contribution in [2.45, 2.75) is 19.3 Å². The van der Waals surface area contributed by atoms with Gasteiger partial charge in [0.1, 0.15) is 0 Å². The summed E-state index contributed by atoms with van der Waals surface area (Å²) in [4.78, 5) is 0. The molecule has 2 aliphatic rings. The van der Waals surface area contributed by atoms with Gasteiger partial charge in [0.2, 0.25) is 0 Å². The van der Waals surface area contributed by atoms with Gasteiger partial charge in [0.15, 0.2) is 0 Å². The van der Waals surface area contributed by atoms with Crippen molar-refractivity contribution in [2.75, 3.05) is 39.5 Å². The zero-order chi connectivity index (χ0) is 9.64. The molecule has 0 radical (unpaired) electrons. The molecule has 2 fully saturated rings. The molecule has 2 unspecified atom stereocenters. The lowest BCUT2D eigenvalue weighted by atomic mass is 10.1. The van der Waals surface area contributed by atoms with Gasteiger partial charge in [0, 0.05) is 19.1 Å². The third kappa shape index (κ3) is 3.23. The normalized spacial score (nSPS) is 32.6. The Kier molecular flexibility index (Phi) is 4.22. The summed E-state index contributed by atoms with van der Waals surface area (Å²) in [5.41, 5.74) is 0. The molecule has 3 nitrogen and oxygen atoms in total. The lowest BCUT2D eigenvalue weighted by Gasteiger charge is -2.11. The van der Waals surface area contributed by atoms with Crippen LogP contribution in [0.15, 0.2) is 0 Å². The van der Waals surface area contributed by atoms with Crippen LogP contribution in [0.3, 0.4) is 0 Å². The minimum absolute atomic E-state index is 0.664. The lowest BCUT2D eigenvalue weighted by molar-refractivity contribution is 0.0820. The Morgan fingerprint density at radius 2 is 2.29 bits per heavy atom. The first kappa shape index (κ1) is 10.4. The zero-order valence-corrected chi connectivity index (χ0v) is 8.84. The summed E-state index contributed by atoms with van der Waals surface area (Å²) in [5.74, 6) is 1.52. The molecule has 0 aliphatic carbocycles. The summed E-state index contributed by atoms with van der Waals surface area (Å²) in [5, 5.41) is 3.38. The average Bonchev–Trinajstić information content (AvgIpc) is 2.86. The SMILES string of the molecule is C1CC(CCOCC2CCOC2)CN1. The van der Waals surface area contributed by atoms with Crippen molar-refractivity contribution >= 4 is 0 Å². The highest BCUT2D eigenvalue weighted by molar-refractivity contribution is 4.70. The van der Waals surface area contributed by atoms with Crippen LogP contribution in [0.25, 0.3) is 0 Å². The van der Waals surface area contributed by atoms with Gasteiger partial charge < -0.3 is 14.8 Å². The van der Waals surface area contributed by atoms with Crippen LogP contribution < -0.4 is 5.32 Å². The minimum atomic E-state index is 0.664. The van der Waals surface area contributed by atoms with E-state index in [-0.39, 0.29) is 0 Å². The van der Waals surface area contributed by atoms with Gasteiger partial charge in [-0.1, -0.05) is 0 Å². The Labute approximate surface area is 86.2 Å². The van der Waals surface area contributed by atoms with Crippen LogP contribution in [-0.4, -0.2) is 39.5 Å². The fraction of sp³-hybridized carbons (Fsp3) is 1.00. The molecule has 0 aromatic carbocycles. The van der Waals surface area contributed by atoms with Crippen LogP contribution >= 0.6 is 0 Å². The number of hydrogen-bond acceptors (Lipinski definition) is 3.